The van der Waals surface area contributed by atoms with Gasteiger partial charge in [0.1, 0.15) is 5.41 Å². The van der Waals surface area contributed by atoms with Gasteiger partial charge in [-0.2, -0.15) is 4.98 Å². The molecule has 20 heavy (non-hydrogen) atoms. The fraction of sp³-hybridized carbons (Fsp3) is 0.308. The molecule has 0 saturated heterocycles. The van der Waals surface area contributed by atoms with Crippen molar-refractivity contribution in [2.45, 2.75) is 24.7 Å². The number of aromatic nitrogens is 2. The molecule has 1 aromatic heterocycles. The van der Waals surface area contributed by atoms with Crippen LogP contribution in [0.1, 0.15) is 25.2 Å². The van der Waals surface area contributed by atoms with Crippen LogP contribution in [0.25, 0.3) is 11.4 Å². The maximum atomic E-state index is 13.2. The summed E-state index contributed by atoms with van der Waals surface area (Å²) in [5.74, 6) is -2.22. The molecular formula is C13H11F2N3O2. The molecule has 0 bridgehead atoms. The number of hydrogen-bond donors (Lipinski definition) is 1. The predicted octanol–water partition coefficient (Wildman–Crippen LogP) is 1.92. The van der Waals surface area contributed by atoms with Crippen LogP contribution in [-0.2, 0) is 10.2 Å². The Labute approximate surface area is 112 Å². The van der Waals surface area contributed by atoms with Crippen molar-refractivity contribution in [2.24, 2.45) is 5.73 Å². The van der Waals surface area contributed by atoms with E-state index in [1.807, 2.05) is 0 Å². The quantitative estimate of drug-likeness (QED) is 0.930. The lowest BCUT2D eigenvalue weighted by atomic mass is 9.68. The van der Waals surface area contributed by atoms with E-state index >= 15 is 0 Å². The van der Waals surface area contributed by atoms with Gasteiger partial charge in [0.25, 0.3) is 0 Å². The SMILES string of the molecule is NC(=O)C1(c2nc(-c3ccc(F)c(F)c3)no2)CCC1. The van der Waals surface area contributed by atoms with Gasteiger partial charge in [-0.3, -0.25) is 4.79 Å². The van der Waals surface area contributed by atoms with Gasteiger partial charge in [-0.05, 0) is 31.0 Å². The van der Waals surface area contributed by atoms with Crippen molar-refractivity contribution in [1.82, 2.24) is 10.1 Å². The van der Waals surface area contributed by atoms with Crippen LogP contribution in [0.5, 0.6) is 0 Å². The van der Waals surface area contributed by atoms with Crippen LogP contribution in [0.2, 0.25) is 0 Å². The Kier molecular flexibility index (Phi) is 2.77. The molecule has 1 aromatic carbocycles. The summed E-state index contributed by atoms with van der Waals surface area (Å²) in [4.78, 5) is 15.6. The van der Waals surface area contributed by atoms with Crippen molar-refractivity contribution >= 4 is 5.91 Å². The van der Waals surface area contributed by atoms with Gasteiger partial charge in [-0.15, -0.1) is 0 Å². The molecule has 5 nitrogen and oxygen atoms in total. The Hall–Kier alpha value is -2.31. The average Bonchev–Trinajstić information content (AvgIpc) is 2.80. The number of hydrogen-bond acceptors (Lipinski definition) is 4. The zero-order valence-electron chi connectivity index (χ0n) is 10.4. The summed E-state index contributed by atoms with van der Waals surface area (Å²) < 4.78 is 31.1. The number of nitrogens with two attached hydrogens (primary N) is 1. The highest BCUT2D eigenvalue weighted by Crippen LogP contribution is 2.43. The van der Waals surface area contributed by atoms with Crippen LogP contribution < -0.4 is 5.73 Å². The first-order valence-electron chi connectivity index (χ1n) is 6.12. The van der Waals surface area contributed by atoms with E-state index < -0.39 is 23.0 Å². The molecule has 7 heteroatoms. The molecule has 1 fully saturated rings. The number of primary amides is 1. The van der Waals surface area contributed by atoms with Gasteiger partial charge in [0.15, 0.2) is 11.6 Å². The fourth-order valence-corrected chi connectivity index (χ4v) is 2.27. The van der Waals surface area contributed by atoms with E-state index in [9.17, 15) is 13.6 Å². The number of carbonyl (C=O) groups excluding carboxylic acids is 1. The van der Waals surface area contributed by atoms with E-state index in [4.69, 9.17) is 10.3 Å². The first kappa shape index (κ1) is 12.7. The number of rotatable bonds is 3. The molecule has 1 aliphatic rings. The minimum atomic E-state index is -0.998. The summed E-state index contributed by atoms with van der Waals surface area (Å²) in [6.07, 6.45) is 1.97. The molecule has 0 aliphatic heterocycles. The molecule has 1 aliphatic carbocycles. The molecule has 0 radical (unpaired) electrons. The second kappa shape index (κ2) is 4.36. The van der Waals surface area contributed by atoms with Crippen molar-refractivity contribution in [3.63, 3.8) is 0 Å². The zero-order chi connectivity index (χ0) is 14.3. The van der Waals surface area contributed by atoms with E-state index in [0.29, 0.717) is 12.8 Å². The maximum Gasteiger partial charge on any atom is 0.242 e. The second-order valence-corrected chi connectivity index (χ2v) is 4.85. The lowest BCUT2D eigenvalue weighted by Crippen LogP contribution is -2.47. The van der Waals surface area contributed by atoms with Crippen molar-refractivity contribution in [3.8, 4) is 11.4 Å². The molecular weight excluding hydrogens is 268 g/mol. The molecule has 2 aromatic rings. The van der Waals surface area contributed by atoms with Gasteiger partial charge in [0.05, 0.1) is 0 Å². The summed E-state index contributed by atoms with van der Waals surface area (Å²) in [5.41, 5.74) is 4.74. The minimum Gasteiger partial charge on any atom is -0.369 e. The van der Waals surface area contributed by atoms with Gasteiger partial charge in [0, 0.05) is 5.56 Å². The standard InChI is InChI=1S/C13H11F2N3O2/c14-8-3-2-7(6-9(8)15)10-17-12(20-18-10)13(11(16)19)4-1-5-13/h2-3,6H,1,4-5H2,(H2,16,19). The second-order valence-electron chi connectivity index (χ2n) is 4.85. The molecule has 1 heterocycles. The smallest absolute Gasteiger partial charge is 0.242 e. The summed E-state index contributed by atoms with van der Waals surface area (Å²) in [7, 11) is 0. The number of benzene rings is 1. The summed E-state index contributed by atoms with van der Waals surface area (Å²) in [6, 6.07) is 3.29. The highest BCUT2D eigenvalue weighted by Gasteiger charge is 2.49. The van der Waals surface area contributed by atoms with Gasteiger partial charge >= 0.3 is 0 Å². The van der Waals surface area contributed by atoms with Crippen LogP contribution in [0.4, 0.5) is 8.78 Å². The molecule has 2 N–H and O–H groups in total. The van der Waals surface area contributed by atoms with E-state index in [0.717, 1.165) is 18.6 Å². The van der Waals surface area contributed by atoms with Crippen LogP contribution in [-0.4, -0.2) is 16.0 Å². The van der Waals surface area contributed by atoms with Crippen molar-refractivity contribution in [1.29, 1.82) is 0 Å². The Morgan fingerprint density at radius 2 is 2.05 bits per heavy atom. The summed E-state index contributed by atoms with van der Waals surface area (Å²) in [5, 5.41) is 3.70. The Bertz CT molecular complexity index is 680. The zero-order valence-corrected chi connectivity index (χ0v) is 10.4. The number of amides is 1. The number of halogens is 2. The predicted molar refractivity (Wildman–Crippen MR) is 64.4 cm³/mol. The van der Waals surface area contributed by atoms with Gasteiger partial charge in [0.2, 0.25) is 17.6 Å². The number of nitrogens with zero attached hydrogens (tertiary/aromatic N) is 2. The minimum absolute atomic E-state index is 0.103. The van der Waals surface area contributed by atoms with Crippen LogP contribution in [0.3, 0.4) is 0 Å². The van der Waals surface area contributed by atoms with Crippen molar-refractivity contribution in [2.75, 3.05) is 0 Å². The summed E-state index contributed by atoms with van der Waals surface area (Å²) in [6.45, 7) is 0. The third-order valence-electron chi connectivity index (χ3n) is 3.69. The normalized spacial score (nSPS) is 16.7. The maximum absolute atomic E-state index is 13.2. The lowest BCUT2D eigenvalue weighted by Gasteiger charge is -2.34. The molecule has 0 spiro atoms. The van der Waals surface area contributed by atoms with E-state index in [2.05, 4.69) is 10.1 Å². The molecule has 1 saturated carbocycles. The monoisotopic (exact) mass is 279 g/mol. The van der Waals surface area contributed by atoms with E-state index in [1.165, 1.54) is 6.07 Å². The molecule has 0 unspecified atom stereocenters. The van der Waals surface area contributed by atoms with Crippen molar-refractivity contribution in [3.05, 3.63) is 35.7 Å². The van der Waals surface area contributed by atoms with Crippen LogP contribution in [0.15, 0.2) is 22.7 Å². The van der Waals surface area contributed by atoms with Crippen molar-refractivity contribution < 1.29 is 18.1 Å². The Morgan fingerprint density at radius 3 is 2.60 bits per heavy atom. The highest BCUT2D eigenvalue weighted by molar-refractivity contribution is 5.86. The van der Waals surface area contributed by atoms with Gasteiger partial charge in [-0.1, -0.05) is 11.6 Å². The Morgan fingerprint density at radius 1 is 1.30 bits per heavy atom. The topological polar surface area (TPSA) is 82.0 Å². The van der Waals surface area contributed by atoms with E-state index in [-0.39, 0.29) is 17.3 Å². The Balaban J connectivity index is 1.98. The first-order chi connectivity index (χ1) is 9.53. The molecule has 104 valence electrons. The third kappa shape index (κ3) is 1.77. The summed E-state index contributed by atoms with van der Waals surface area (Å²) >= 11 is 0. The van der Waals surface area contributed by atoms with Crippen LogP contribution >= 0.6 is 0 Å². The van der Waals surface area contributed by atoms with Gasteiger partial charge in [-0.25, -0.2) is 8.78 Å². The highest BCUT2D eigenvalue weighted by atomic mass is 19.2. The lowest BCUT2D eigenvalue weighted by molar-refractivity contribution is -0.127. The molecule has 1 amide bonds. The largest absolute Gasteiger partial charge is 0.369 e. The first-order valence-corrected chi connectivity index (χ1v) is 6.12. The third-order valence-corrected chi connectivity index (χ3v) is 3.69. The van der Waals surface area contributed by atoms with Crippen LogP contribution in [0, 0.1) is 11.6 Å². The number of carbonyl (C=O) groups is 1. The fourth-order valence-electron chi connectivity index (χ4n) is 2.27. The van der Waals surface area contributed by atoms with Gasteiger partial charge < -0.3 is 10.3 Å². The average molecular weight is 279 g/mol. The molecule has 3 rings (SSSR count). The van der Waals surface area contributed by atoms with E-state index in [1.54, 1.807) is 0 Å². The molecule has 0 atom stereocenters.